The fourth-order valence-electron chi connectivity index (χ4n) is 1.71. The molecule has 1 aromatic carbocycles. The van der Waals surface area contributed by atoms with Crippen LogP contribution in [0.5, 0.6) is 0 Å². The third-order valence-corrected chi connectivity index (χ3v) is 2.72. The third kappa shape index (κ3) is 3.74. The number of anilines is 3. The molecule has 0 saturated carbocycles. The van der Waals surface area contributed by atoms with Crippen LogP contribution in [0.3, 0.4) is 0 Å². The fourth-order valence-corrected chi connectivity index (χ4v) is 1.71. The number of hydrogen-bond donors (Lipinski definition) is 2. The largest absolute Gasteiger partial charge is 0.449 e. The molecular weight excluding hydrogens is 266 g/mol. The number of carbonyl (C=O) groups is 1. The van der Waals surface area contributed by atoms with E-state index in [0.717, 1.165) is 11.3 Å². The van der Waals surface area contributed by atoms with Crippen LogP contribution in [0.2, 0.25) is 0 Å². The van der Waals surface area contributed by atoms with Gasteiger partial charge in [-0.2, -0.15) is 0 Å². The monoisotopic (exact) mass is 281 g/mol. The van der Waals surface area contributed by atoms with E-state index in [-0.39, 0.29) is 6.61 Å². The van der Waals surface area contributed by atoms with Gasteiger partial charge in [-0.3, -0.25) is 0 Å². The van der Waals surface area contributed by atoms with Crippen LogP contribution in [0.25, 0.3) is 0 Å². The Balaban J connectivity index is 2.09. The molecule has 5 nitrogen and oxygen atoms in total. The highest BCUT2D eigenvalue weighted by atomic mass is 16.5. The molecule has 0 unspecified atom stereocenters. The summed E-state index contributed by atoms with van der Waals surface area (Å²) >= 11 is 0. The normalized spacial score (nSPS) is 9.71. The molecule has 0 radical (unpaired) electrons. The van der Waals surface area contributed by atoms with Crippen molar-refractivity contribution in [2.24, 2.45) is 0 Å². The maximum atomic E-state index is 11.6. The first-order chi connectivity index (χ1) is 10.1. The average molecular weight is 281 g/mol. The van der Waals surface area contributed by atoms with Crippen molar-refractivity contribution in [3.63, 3.8) is 0 Å². The molecule has 2 rings (SSSR count). The Morgan fingerprint density at radius 2 is 2.14 bits per heavy atom. The molecular formula is C16H15N3O2. The summed E-state index contributed by atoms with van der Waals surface area (Å²) in [7, 11) is 0. The number of terminal acetylenes is 1. The molecule has 1 aromatic heterocycles. The smallest absolute Gasteiger partial charge is 0.339 e. The number of nitrogen functional groups attached to an aromatic ring is 1. The van der Waals surface area contributed by atoms with E-state index in [9.17, 15) is 4.79 Å². The van der Waals surface area contributed by atoms with Crippen LogP contribution in [-0.2, 0) is 4.74 Å². The minimum atomic E-state index is -0.451. The lowest BCUT2D eigenvalue weighted by Gasteiger charge is -2.09. The first-order valence-electron chi connectivity index (χ1n) is 6.30. The van der Waals surface area contributed by atoms with Crippen LogP contribution in [0.15, 0.2) is 36.5 Å². The Labute approximate surface area is 123 Å². The second-order valence-electron chi connectivity index (χ2n) is 4.43. The lowest BCUT2D eigenvalue weighted by Crippen LogP contribution is -2.05. The number of rotatable bonds is 4. The molecule has 0 aliphatic carbocycles. The van der Waals surface area contributed by atoms with E-state index in [0.29, 0.717) is 17.1 Å². The van der Waals surface area contributed by atoms with Crippen LogP contribution in [0.1, 0.15) is 15.9 Å². The summed E-state index contributed by atoms with van der Waals surface area (Å²) in [4.78, 5) is 15.8. The van der Waals surface area contributed by atoms with Gasteiger partial charge in [-0.25, -0.2) is 9.78 Å². The lowest BCUT2D eigenvalue weighted by molar-refractivity contribution is 0.0557. The summed E-state index contributed by atoms with van der Waals surface area (Å²) in [5.41, 5.74) is 8.64. The van der Waals surface area contributed by atoms with Crippen molar-refractivity contribution in [2.45, 2.75) is 6.92 Å². The van der Waals surface area contributed by atoms with Gasteiger partial charge in [-0.15, -0.1) is 6.42 Å². The van der Waals surface area contributed by atoms with Gasteiger partial charge in [0, 0.05) is 11.9 Å². The highest BCUT2D eigenvalue weighted by Crippen LogP contribution is 2.21. The van der Waals surface area contributed by atoms with E-state index >= 15 is 0 Å². The Morgan fingerprint density at radius 1 is 1.43 bits per heavy atom. The lowest BCUT2D eigenvalue weighted by atomic mass is 10.2. The van der Waals surface area contributed by atoms with Gasteiger partial charge in [0.2, 0.25) is 0 Å². The Hall–Kier alpha value is -3.00. The number of carbonyl (C=O) groups excluding carboxylic acids is 1. The number of nitrogens with one attached hydrogen (secondary N) is 1. The number of benzene rings is 1. The fraction of sp³-hybridized carbons (Fsp3) is 0.125. The summed E-state index contributed by atoms with van der Waals surface area (Å²) in [6, 6.07) is 8.61. The molecule has 0 spiro atoms. The number of nitrogens with two attached hydrogens (primary N) is 1. The van der Waals surface area contributed by atoms with E-state index in [1.165, 1.54) is 0 Å². The Kier molecular flexibility index (Phi) is 4.42. The van der Waals surface area contributed by atoms with E-state index in [2.05, 4.69) is 16.2 Å². The number of aromatic nitrogens is 1. The predicted octanol–water partition coefficient (Wildman–Crippen LogP) is 2.51. The SMILES string of the molecule is C#CCOC(=O)c1ccc(Nc2ncc(C)cc2N)cc1. The van der Waals surface area contributed by atoms with Crippen molar-refractivity contribution < 1.29 is 9.53 Å². The molecule has 0 aliphatic heterocycles. The topological polar surface area (TPSA) is 77.2 Å². The Bertz CT molecular complexity index is 688. The van der Waals surface area contributed by atoms with Crippen molar-refractivity contribution >= 4 is 23.2 Å². The molecule has 0 saturated heterocycles. The molecule has 0 bridgehead atoms. The molecule has 2 aromatic rings. The molecule has 21 heavy (non-hydrogen) atoms. The van der Waals surface area contributed by atoms with Gasteiger partial charge >= 0.3 is 5.97 Å². The zero-order valence-electron chi connectivity index (χ0n) is 11.6. The molecule has 0 fully saturated rings. The third-order valence-electron chi connectivity index (χ3n) is 2.72. The number of aryl methyl sites for hydroxylation is 1. The first kappa shape index (κ1) is 14.4. The maximum absolute atomic E-state index is 11.6. The van der Waals surface area contributed by atoms with Crippen LogP contribution < -0.4 is 11.1 Å². The van der Waals surface area contributed by atoms with Gasteiger partial charge in [0.05, 0.1) is 11.3 Å². The minimum absolute atomic E-state index is 0.0390. The number of pyridine rings is 1. The molecule has 0 aliphatic rings. The second-order valence-corrected chi connectivity index (χ2v) is 4.43. The van der Waals surface area contributed by atoms with Crippen molar-refractivity contribution in [2.75, 3.05) is 17.7 Å². The molecule has 106 valence electrons. The second kappa shape index (κ2) is 6.44. The molecule has 1 heterocycles. The van der Waals surface area contributed by atoms with Crippen LogP contribution in [0.4, 0.5) is 17.2 Å². The highest BCUT2D eigenvalue weighted by Gasteiger charge is 2.07. The molecule has 0 atom stereocenters. The molecule has 5 heteroatoms. The summed E-state index contributed by atoms with van der Waals surface area (Å²) < 4.78 is 4.84. The van der Waals surface area contributed by atoms with Crippen LogP contribution in [0, 0.1) is 19.3 Å². The highest BCUT2D eigenvalue weighted by molar-refractivity contribution is 5.90. The predicted molar refractivity (Wildman–Crippen MR) is 82.2 cm³/mol. The zero-order chi connectivity index (χ0) is 15.2. The van der Waals surface area contributed by atoms with E-state index < -0.39 is 5.97 Å². The van der Waals surface area contributed by atoms with Crippen molar-refractivity contribution in [1.82, 2.24) is 4.98 Å². The Morgan fingerprint density at radius 3 is 2.76 bits per heavy atom. The number of ether oxygens (including phenoxy) is 1. The van der Waals surface area contributed by atoms with Gasteiger partial charge in [-0.1, -0.05) is 5.92 Å². The standard InChI is InChI=1S/C16H15N3O2/c1-3-8-21-16(20)12-4-6-13(7-5-12)19-15-14(17)9-11(2)10-18-15/h1,4-7,9-10H,8,17H2,2H3,(H,18,19). The van der Waals surface area contributed by atoms with E-state index in [1.807, 2.05) is 13.0 Å². The van der Waals surface area contributed by atoms with Crippen LogP contribution in [-0.4, -0.2) is 17.6 Å². The first-order valence-corrected chi connectivity index (χ1v) is 6.30. The summed E-state index contributed by atoms with van der Waals surface area (Å²) in [6.45, 7) is 1.88. The summed E-state index contributed by atoms with van der Waals surface area (Å²) in [6.07, 6.45) is 6.76. The molecule has 3 N–H and O–H groups in total. The maximum Gasteiger partial charge on any atom is 0.339 e. The number of esters is 1. The van der Waals surface area contributed by atoms with Crippen molar-refractivity contribution in [3.8, 4) is 12.3 Å². The van der Waals surface area contributed by atoms with E-state index in [1.54, 1.807) is 30.5 Å². The van der Waals surface area contributed by atoms with Crippen molar-refractivity contribution in [1.29, 1.82) is 0 Å². The zero-order valence-corrected chi connectivity index (χ0v) is 11.6. The van der Waals surface area contributed by atoms with E-state index in [4.69, 9.17) is 16.9 Å². The summed E-state index contributed by atoms with van der Waals surface area (Å²) in [5, 5.41) is 3.09. The average Bonchev–Trinajstić information content (AvgIpc) is 2.48. The van der Waals surface area contributed by atoms with Gasteiger partial charge in [-0.05, 0) is 42.8 Å². The summed E-state index contributed by atoms with van der Waals surface area (Å²) in [5.74, 6) is 2.37. The van der Waals surface area contributed by atoms with Gasteiger partial charge in [0.1, 0.15) is 0 Å². The molecule has 0 amide bonds. The number of nitrogens with zero attached hydrogens (tertiary/aromatic N) is 1. The van der Waals surface area contributed by atoms with Crippen molar-refractivity contribution in [3.05, 3.63) is 47.7 Å². The number of hydrogen-bond acceptors (Lipinski definition) is 5. The quantitative estimate of drug-likeness (QED) is 0.665. The van der Waals surface area contributed by atoms with Gasteiger partial charge in [0.25, 0.3) is 0 Å². The van der Waals surface area contributed by atoms with Gasteiger partial charge < -0.3 is 15.8 Å². The van der Waals surface area contributed by atoms with Gasteiger partial charge in [0.15, 0.2) is 12.4 Å². The minimum Gasteiger partial charge on any atom is -0.449 e. The van der Waals surface area contributed by atoms with Crippen LogP contribution >= 0.6 is 0 Å².